The van der Waals surface area contributed by atoms with E-state index in [4.69, 9.17) is 9.47 Å². The molecule has 1 amide bonds. The van der Waals surface area contributed by atoms with Crippen LogP contribution >= 0.6 is 0 Å². The van der Waals surface area contributed by atoms with E-state index in [-0.39, 0.29) is 23.9 Å². The van der Waals surface area contributed by atoms with Crippen LogP contribution in [0, 0.1) is 5.92 Å². The fourth-order valence-corrected chi connectivity index (χ4v) is 2.17. The number of carbonyl (C=O) groups excluding carboxylic acids is 2. The van der Waals surface area contributed by atoms with Gasteiger partial charge in [-0.3, -0.25) is 4.79 Å². The molecule has 0 aromatic heterocycles. The van der Waals surface area contributed by atoms with E-state index in [1.807, 2.05) is 13.8 Å². The fourth-order valence-electron chi connectivity index (χ4n) is 2.17. The molecule has 1 aromatic carbocycles. The topological polar surface area (TPSA) is 64.6 Å². The lowest BCUT2D eigenvalue weighted by Crippen LogP contribution is -2.25. The highest BCUT2D eigenvalue weighted by atomic mass is 16.6. The summed E-state index contributed by atoms with van der Waals surface area (Å²) in [7, 11) is 0. The molecule has 0 saturated carbocycles. The average Bonchev–Trinajstić information content (AvgIpc) is 2.54. The van der Waals surface area contributed by atoms with E-state index in [1.54, 1.807) is 24.3 Å². The van der Waals surface area contributed by atoms with Gasteiger partial charge in [-0.2, -0.15) is 0 Å². The molecule has 1 N–H and O–H groups in total. The zero-order chi connectivity index (χ0) is 15.9. The highest BCUT2D eigenvalue weighted by Gasteiger charge is 2.17. The molecule has 1 heterocycles. The maximum atomic E-state index is 12.0. The van der Waals surface area contributed by atoms with Gasteiger partial charge < -0.3 is 14.8 Å². The highest BCUT2D eigenvalue weighted by Crippen LogP contribution is 2.15. The number of rotatable bonds is 5. The lowest BCUT2D eigenvalue weighted by molar-refractivity contribution is -0.118. The Balaban J connectivity index is 1.83. The molecule has 22 heavy (non-hydrogen) atoms. The Labute approximate surface area is 131 Å². The fraction of sp³-hybridized carbons (Fsp3) is 0.529. The summed E-state index contributed by atoms with van der Waals surface area (Å²) >= 11 is 0. The van der Waals surface area contributed by atoms with Gasteiger partial charge in [0, 0.05) is 18.2 Å². The van der Waals surface area contributed by atoms with Crippen LogP contribution in [0.3, 0.4) is 0 Å². The van der Waals surface area contributed by atoms with Crippen LogP contribution in [0.25, 0.3) is 0 Å². The van der Waals surface area contributed by atoms with Crippen LogP contribution in [0.1, 0.15) is 43.5 Å². The SMILES string of the molecule is CC(C)C(=O)Nc1ccc(C(=O)OCC2CCCCO2)cc1. The van der Waals surface area contributed by atoms with Crippen molar-refractivity contribution in [1.82, 2.24) is 0 Å². The van der Waals surface area contributed by atoms with Crippen LogP contribution < -0.4 is 5.32 Å². The molecule has 5 heteroatoms. The number of anilines is 1. The number of carbonyl (C=O) groups is 2. The third-order valence-electron chi connectivity index (χ3n) is 3.59. The van der Waals surface area contributed by atoms with E-state index in [1.165, 1.54) is 0 Å². The van der Waals surface area contributed by atoms with Crippen LogP contribution in [0.2, 0.25) is 0 Å². The van der Waals surface area contributed by atoms with Gasteiger partial charge in [-0.25, -0.2) is 4.79 Å². The average molecular weight is 305 g/mol. The molecule has 120 valence electrons. The predicted molar refractivity (Wildman–Crippen MR) is 83.8 cm³/mol. The molecule has 1 atom stereocenters. The van der Waals surface area contributed by atoms with Gasteiger partial charge in [-0.15, -0.1) is 0 Å². The standard InChI is InChI=1S/C17H23NO4/c1-12(2)16(19)18-14-8-6-13(7-9-14)17(20)22-11-15-5-3-4-10-21-15/h6-9,12,15H,3-5,10-11H2,1-2H3,(H,18,19). The van der Waals surface area contributed by atoms with Crippen LogP contribution in [0.5, 0.6) is 0 Å². The second-order valence-corrected chi connectivity index (χ2v) is 5.81. The van der Waals surface area contributed by atoms with Gasteiger partial charge in [0.2, 0.25) is 5.91 Å². The Bertz CT molecular complexity index is 504. The molecule has 1 aliphatic rings. The van der Waals surface area contributed by atoms with E-state index in [9.17, 15) is 9.59 Å². The molecule has 1 aromatic rings. The van der Waals surface area contributed by atoms with Crippen molar-refractivity contribution < 1.29 is 19.1 Å². The summed E-state index contributed by atoms with van der Waals surface area (Å²) in [5.74, 6) is -0.499. The quantitative estimate of drug-likeness (QED) is 0.849. The smallest absolute Gasteiger partial charge is 0.338 e. The molecule has 1 saturated heterocycles. The van der Waals surface area contributed by atoms with Crippen molar-refractivity contribution in [2.75, 3.05) is 18.5 Å². The number of nitrogens with one attached hydrogen (secondary N) is 1. The largest absolute Gasteiger partial charge is 0.459 e. The van der Waals surface area contributed by atoms with Gasteiger partial charge in [-0.1, -0.05) is 13.8 Å². The second-order valence-electron chi connectivity index (χ2n) is 5.81. The molecule has 0 radical (unpaired) electrons. The Morgan fingerprint density at radius 2 is 2.00 bits per heavy atom. The summed E-state index contributed by atoms with van der Waals surface area (Å²) in [6, 6.07) is 6.71. The van der Waals surface area contributed by atoms with Crippen LogP contribution in [-0.2, 0) is 14.3 Å². The lowest BCUT2D eigenvalue weighted by Gasteiger charge is -2.22. The number of benzene rings is 1. The molecule has 0 spiro atoms. The first-order valence-corrected chi connectivity index (χ1v) is 7.76. The monoisotopic (exact) mass is 305 g/mol. The highest BCUT2D eigenvalue weighted by molar-refractivity contribution is 5.93. The number of ether oxygens (including phenoxy) is 2. The molecule has 1 unspecified atom stereocenters. The van der Waals surface area contributed by atoms with Gasteiger partial charge in [0.25, 0.3) is 0 Å². The normalized spacial score (nSPS) is 18.0. The molecule has 0 bridgehead atoms. The minimum absolute atomic E-state index is 0.0160. The Kier molecular flexibility index (Phi) is 5.95. The summed E-state index contributed by atoms with van der Waals surface area (Å²) in [4.78, 5) is 23.6. The van der Waals surface area contributed by atoms with Gasteiger partial charge in [-0.05, 0) is 43.5 Å². The van der Waals surface area contributed by atoms with Gasteiger partial charge >= 0.3 is 5.97 Å². The summed E-state index contributed by atoms with van der Waals surface area (Å²) < 4.78 is 10.8. The first kappa shape index (κ1) is 16.5. The Hall–Kier alpha value is -1.88. The van der Waals surface area contributed by atoms with Crippen LogP contribution in [0.15, 0.2) is 24.3 Å². The van der Waals surface area contributed by atoms with Crippen LogP contribution in [0.4, 0.5) is 5.69 Å². The van der Waals surface area contributed by atoms with Crippen molar-refractivity contribution in [1.29, 1.82) is 0 Å². The lowest BCUT2D eigenvalue weighted by atomic mass is 10.1. The van der Waals surface area contributed by atoms with Gasteiger partial charge in [0.1, 0.15) is 6.61 Å². The molecule has 5 nitrogen and oxygen atoms in total. The molecular formula is C17H23NO4. The number of esters is 1. The molecule has 1 aliphatic heterocycles. The molecule has 2 rings (SSSR count). The number of hydrogen-bond donors (Lipinski definition) is 1. The van der Waals surface area contributed by atoms with E-state index in [0.717, 1.165) is 25.9 Å². The van der Waals surface area contributed by atoms with Gasteiger partial charge in [0.15, 0.2) is 0 Å². The number of amides is 1. The van der Waals surface area contributed by atoms with E-state index < -0.39 is 0 Å². The minimum Gasteiger partial charge on any atom is -0.459 e. The maximum Gasteiger partial charge on any atom is 0.338 e. The first-order valence-electron chi connectivity index (χ1n) is 7.76. The zero-order valence-corrected chi connectivity index (χ0v) is 13.1. The summed E-state index contributed by atoms with van der Waals surface area (Å²) in [5.41, 5.74) is 1.14. The molecular weight excluding hydrogens is 282 g/mol. The van der Waals surface area contributed by atoms with Crippen molar-refractivity contribution in [3.63, 3.8) is 0 Å². The van der Waals surface area contributed by atoms with Gasteiger partial charge in [0.05, 0.1) is 11.7 Å². The van der Waals surface area contributed by atoms with Crippen molar-refractivity contribution >= 4 is 17.6 Å². The van der Waals surface area contributed by atoms with E-state index in [0.29, 0.717) is 17.9 Å². The Morgan fingerprint density at radius 1 is 1.27 bits per heavy atom. The third-order valence-corrected chi connectivity index (χ3v) is 3.59. The number of hydrogen-bond acceptors (Lipinski definition) is 4. The van der Waals surface area contributed by atoms with Crippen molar-refractivity contribution in [2.24, 2.45) is 5.92 Å². The minimum atomic E-state index is -0.365. The first-order chi connectivity index (χ1) is 10.6. The molecule has 0 aliphatic carbocycles. The van der Waals surface area contributed by atoms with Crippen molar-refractivity contribution in [3.05, 3.63) is 29.8 Å². The Morgan fingerprint density at radius 3 is 2.59 bits per heavy atom. The summed E-state index contributed by atoms with van der Waals surface area (Å²) in [6.07, 6.45) is 3.15. The summed E-state index contributed by atoms with van der Waals surface area (Å²) in [6.45, 7) is 4.69. The second kappa shape index (κ2) is 7.94. The predicted octanol–water partition coefficient (Wildman–Crippen LogP) is 3.01. The third kappa shape index (κ3) is 4.84. The molecule has 1 fully saturated rings. The maximum absolute atomic E-state index is 12.0. The van der Waals surface area contributed by atoms with E-state index in [2.05, 4.69) is 5.32 Å². The van der Waals surface area contributed by atoms with E-state index >= 15 is 0 Å². The van der Waals surface area contributed by atoms with Crippen molar-refractivity contribution in [3.8, 4) is 0 Å². The van der Waals surface area contributed by atoms with Crippen molar-refractivity contribution in [2.45, 2.75) is 39.2 Å². The van der Waals surface area contributed by atoms with Crippen LogP contribution in [-0.4, -0.2) is 31.2 Å². The zero-order valence-electron chi connectivity index (χ0n) is 13.1. The summed E-state index contributed by atoms with van der Waals surface area (Å²) in [5, 5.41) is 2.78.